The molecule has 0 aliphatic carbocycles. The van der Waals surface area contributed by atoms with Gasteiger partial charge in [-0.25, -0.2) is 0 Å². The minimum absolute atomic E-state index is 0.558. The van der Waals surface area contributed by atoms with Crippen LogP contribution in [-0.4, -0.2) is 37.7 Å². The van der Waals surface area contributed by atoms with E-state index in [-0.39, 0.29) is 0 Å². The van der Waals surface area contributed by atoms with Gasteiger partial charge in [-0.3, -0.25) is 4.90 Å². The molecular weight excluding hydrogens is 224 g/mol. The van der Waals surface area contributed by atoms with Crippen molar-refractivity contribution >= 4 is 0 Å². The van der Waals surface area contributed by atoms with E-state index in [2.05, 4.69) is 35.3 Å². The molecule has 1 aromatic rings. The van der Waals surface area contributed by atoms with Crippen molar-refractivity contribution in [3.63, 3.8) is 0 Å². The summed E-state index contributed by atoms with van der Waals surface area (Å²) in [5.74, 6) is 1.10. The number of piperazine rings is 1. The molecular formula is C15H22N2O. The van der Waals surface area contributed by atoms with E-state index in [1.165, 1.54) is 11.1 Å². The van der Waals surface area contributed by atoms with Crippen molar-refractivity contribution in [3.05, 3.63) is 29.3 Å². The SMILES string of the molecule is CCc1ccc2c(c1)C(N1CCNCC1)CCO2. The molecule has 3 heteroatoms. The molecule has 1 atom stereocenters. The summed E-state index contributed by atoms with van der Waals surface area (Å²) in [6, 6.07) is 7.25. The maximum absolute atomic E-state index is 5.80. The molecule has 2 aliphatic rings. The fourth-order valence-corrected chi connectivity index (χ4v) is 3.02. The van der Waals surface area contributed by atoms with Crippen molar-refractivity contribution in [1.29, 1.82) is 0 Å². The van der Waals surface area contributed by atoms with Crippen LogP contribution in [-0.2, 0) is 6.42 Å². The summed E-state index contributed by atoms with van der Waals surface area (Å²) in [6.45, 7) is 7.60. The predicted molar refractivity (Wildman–Crippen MR) is 73.1 cm³/mol. The van der Waals surface area contributed by atoms with Gasteiger partial charge >= 0.3 is 0 Å². The molecule has 1 unspecified atom stereocenters. The molecule has 98 valence electrons. The number of benzene rings is 1. The number of fused-ring (bicyclic) bond motifs is 1. The predicted octanol–water partition coefficient (Wildman–Crippen LogP) is 1.98. The van der Waals surface area contributed by atoms with Crippen LogP contribution < -0.4 is 10.1 Å². The number of aryl methyl sites for hydroxylation is 1. The Labute approximate surface area is 109 Å². The van der Waals surface area contributed by atoms with Crippen LogP contribution in [0.2, 0.25) is 0 Å². The first-order valence-electron chi connectivity index (χ1n) is 7.09. The summed E-state index contributed by atoms with van der Waals surface area (Å²) in [4.78, 5) is 2.61. The molecule has 18 heavy (non-hydrogen) atoms. The van der Waals surface area contributed by atoms with Gasteiger partial charge in [-0.05, 0) is 18.1 Å². The summed E-state index contributed by atoms with van der Waals surface area (Å²) in [5, 5.41) is 3.43. The van der Waals surface area contributed by atoms with Gasteiger partial charge in [0.2, 0.25) is 0 Å². The summed E-state index contributed by atoms with van der Waals surface area (Å²) in [5.41, 5.74) is 2.82. The summed E-state index contributed by atoms with van der Waals surface area (Å²) >= 11 is 0. The number of ether oxygens (including phenoxy) is 1. The molecule has 0 aromatic heterocycles. The zero-order valence-corrected chi connectivity index (χ0v) is 11.1. The number of nitrogens with one attached hydrogen (secondary N) is 1. The second-order valence-electron chi connectivity index (χ2n) is 5.16. The van der Waals surface area contributed by atoms with Gasteiger partial charge in [0.05, 0.1) is 6.61 Å². The highest BCUT2D eigenvalue weighted by molar-refractivity contribution is 5.41. The summed E-state index contributed by atoms with van der Waals surface area (Å²) in [6.07, 6.45) is 2.22. The minimum atomic E-state index is 0.558. The molecule has 1 saturated heterocycles. The maximum Gasteiger partial charge on any atom is 0.124 e. The van der Waals surface area contributed by atoms with E-state index in [0.717, 1.165) is 51.4 Å². The van der Waals surface area contributed by atoms with Crippen LogP contribution in [0.5, 0.6) is 5.75 Å². The lowest BCUT2D eigenvalue weighted by molar-refractivity contribution is 0.126. The number of hydrogen-bond acceptors (Lipinski definition) is 3. The topological polar surface area (TPSA) is 24.5 Å². The molecule has 0 spiro atoms. The van der Waals surface area contributed by atoms with Crippen molar-refractivity contribution in [3.8, 4) is 5.75 Å². The quantitative estimate of drug-likeness (QED) is 0.863. The Morgan fingerprint density at radius 1 is 1.33 bits per heavy atom. The molecule has 1 aromatic carbocycles. The van der Waals surface area contributed by atoms with Gasteiger partial charge in [0.1, 0.15) is 5.75 Å². The van der Waals surface area contributed by atoms with Crippen LogP contribution in [0.15, 0.2) is 18.2 Å². The monoisotopic (exact) mass is 246 g/mol. The van der Waals surface area contributed by atoms with E-state index in [1.807, 2.05) is 0 Å². The number of rotatable bonds is 2. The number of nitrogens with zero attached hydrogens (tertiary/aromatic N) is 1. The second-order valence-corrected chi connectivity index (χ2v) is 5.16. The van der Waals surface area contributed by atoms with Crippen LogP contribution in [0, 0.1) is 0 Å². The van der Waals surface area contributed by atoms with Gasteiger partial charge in [-0.1, -0.05) is 19.1 Å². The summed E-state index contributed by atoms with van der Waals surface area (Å²) < 4.78 is 5.80. The molecule has 1 N–H and O–H groups in total. The van der Waals surface area contributed by atoms with Gasteiger partial charge in [0.15, 0.2) is 0 Å². The summed E-state index contributed by atoms with van der Waals surface area (Å²) in [7, 11) is 0. The van der Waals surface area contributed by atoms with Crippen LogP contribution in [0.4, 0.5) is 0 Å². The fraction of sp³-hybridized carbons (Fsp3) is 0.600. The van der Waals surface area contributed by atoms with Gasteiger partial charge in [-0.2, -0.15) is 0 Å². The first kappa shape index (κ1) is 12.0. The van der Waals surface area contributed by atoms with E-state index < -0.39 is 0 Å². The molecule has 0 saturated carbocycles. The molecule has 0 amide bonds. The molecule has 3 nitrogen and oxygen atoms in total. The Morgan fingerprint density at radius 3 is 2.94 bits per heavy atom. The van der Waals surface area contributed by atoms with Gasteiger partial charge in [0.25, 0.3) is 0 Å². The van der Waals surface area contributed by atoms with Crippen molar-refractivity contribution < 1.29 is 4.74 Å². The fourth-order valence-electron chi connectivity index (χ4n) is 3.02. The zero-order valence-electron chi connectivity index (χ0n) is 11.1. The highest BCUT2D eigenvalue weighted by Crippen LogP contribution is 2.36. The van der Waals surface area contributed by atoms with Crippen LogP contribution >= 0.6 is 0 Å². The molecule has 1 fully saturated rings. The van der Waals surface area contributed by atoms with Crippen molar-refractivity contribution in [2.24, 2.45) is 0 Å². The largest absolute Gasteiger partial charge is 0.493 e. The lowest BCUT2D eigenvalue weighted by Crippen LogP contribution is -2.46. The van der Waals surface area contributed by atoms with Crippen molar-refractivity contribution in [2.75, 3.05) is 32.8 Å². The highest BCUT2D eigenvalue weighted by Gasteiger charge is 2.27. The lowest BCUT2D eigenvalue weighted by atomic mass is 9.95. The van der Waals surface area contributed by atoms with E-state index >= 15 is 0 Å². The molecule has 3 rings (SSSR count). The van der Waals surface area contributed by atoms with Crippen molar-refractivity contribution in [1.82, 2.24) is 10.2 Å². The Balaban J connectivity index is 1.89. The average Bonchev–Trinajstić information content (AvgIpc) is 2.47. The van der Waals surface area contributed by atoms with Crippen LogP contribution in [0.1, 0.15) is 30.5 Å². The average molecular weight is 246 g/mol. The van der Waals surface area contributed by atoms with Crippen LogP contribution in [0.3, 0.4) is 0 Å². The highest BCUT2D eigenvalue weighted by atomic mass is 16.5. The van der Waals surface area contributed by atoms with Gasteiger partial charge in [-0.15, -0.1) is 0 Å². The Bertz CT molecular complexity index is 413. The third-order valence-electron chi connectivity index (χ3n) is 4.08. The standard InChI is InChI=1S/C15H22N2O/c1-2-12-3-4-15-13(11-12)14(5-10-18-15)17-8-6-16-7-9-17/h3-4,11,14,16H,2,5-10H2,1H3. The maximum atomic E-state index is 5.80. The molecule has 0 bridgehead atoms. The van der Waals surface area contributed by atoms with Gasteiger partial charge in [0, 0.05) is 44.2 Å². The Kier molecular flexibility index (Phi) is 3.52. The first-order chi connectivity index (χ1) is 8.88. The number of hydrogen-bond donors (Lipinski definition) is 1. The first-order valence-corrected chi connectivity index (χ1v) is 7.09. The van der Waals surface area contributed by atoms with E-state index in [9.17, 15) is 0 Å². The lowest BCUT2D eigenvalue weighted by Gasteiger charge is -2.38. The molecule has 2 aliphatic heterocycles. The smallest absolute Gasteiger partial charge is 0.124 e. The van der Waals surface area contributed by atoms with E-state index in [0.29, 0.717) is 6.04 Å². The molecule has 0 radical (unpaired) electrons. The van der Waals surface area contributed by atoms with E-state index in [4.69, 9.17) is 4.74 Å². The van der Waals surface area contributed by atoms with E-state index in [1.54, 1.807) is 0 Å². The Morgan fingerprint density at radius 2 is 2.17 bits per heavy atom. The van der Waals surface area contributed by atoms with Gasteiger partial charge < -0.3 is 10.1 Å². The molecule has 2 heterocycles. The zero-order chi connectivity index (χ0) is 12.4. The Hall–Kier alpha value is -1.06. The third kappa shape index (κ3) is 2.25. The third-order valence-corrected chi connectivity index (χ3v) is 4.08. The second kappa shape index (κ2) is 5.29. The normalized spacial score (nSPS) is 24.4. The minimum Gasteiger partial charge on any atom is -0.493 e. The van der Waals surface area contributed by atoms with Crippen molar-refractivity contribution in [2.45, 2.75) is 25.8 Å². The van der Waals surface area contributed by atoms with Crippen LogP contribution in [0.25, 0.3) is 0 Å².